The Balaban J connectivity index is 1.94. The maximum Gasteiger partial charge on any atom is 0.120 e. The van der Waals surface area contributed by atoms with E-state index in [1.165, 1.54) is 3.57 Å². The molecule has 1 aliphatic rings. The van der Waals surface area contributed by atoms with Crippen LogP contribution in [0.15, 0.2) is 24.3 Å². The molecule has 0 aromatic heterocycles. The number of halogens is 2. The highest BCUT2D eigenvalue weighted by molar-refractivity contribution is 14.1. The summed E-state index contributed by atoms with van der Waals surface area (Å²) < 4.78 is 6.92. The first-order chi connectivity index (χ1) is 6.24. The zero-order valence-corrected chi connectivity index (χ0v) is 9.96. The zero-order chi connectivity index (χ0) is 9.26. The molecular formula is C10H10ClIO. The third-order valence-corrected chi connectivity index (χ3v) is 3.16. The van der Waals surface area contributed by atoms with E-state index < -0.39 is 0 Å². The number of rotatable bonds is 2. The van der Waals surface area contributed by atoms with Crippen LogP contribution in [0, 0.1) is 3.57 Å². The van der Waals surface area contributed by atoms with Crippen molar-refractivity contribution >= 4 is 34.2 Å². The molecule has 13 heavy (non-hydrogen) atoms. The first kappa shape index (κ1) is 9.59. The van der Waals surface area contributed by atoms with Crippen molar-refractivity contribution in [2.45, 2.75) is 24.3 Å². The van der Waals surface area contributed by atoms with Gasteiger partial charge in [0.1, 0.15) is 11.9 Å². The van der Waals surface area contributed by atoms with E-state index in [1.54, 1.807) is 0 Å². The van der Waals surface area contributed by atoms with E-state index in [1.807, 2.05) is 18.2 Å². The van der Waals surface area contributed by atoms with E-state index in [0.29, 0.717) is 11.5 Å². The molecule has 0 atom stereocenters. The highest BCUT2D eigenvalue weighted by Gasteiger charge is 2.28. The van der Waals surface area contributed by atoms with Gasteiger partial charge < -0.3 is 4.74 Å². The molecule has 1 fully saturated rings. The molecule has 0 aliphatic heterocycles. The van der Waals surface area contributed by atoms with Crippen LogP contribution in [0.1, 0.15) is 12.8 Å². The molecule has 0 saturated heterocycles. The van der Waals surface area contributed by atoms with Crippen molar-refractivity contribution in [2.24, 2.45) is 0 Å². The van der Waals surface area contributed by atoms with Crippen LogP contribution < -0.4 is 4.74 Å². The van der Waals surface area contributed by atoms with E-state index in [0.717, 1.165) is 18.6 Å². The monoisotopic (exact) mass is 308 g/mol. The van der Waals surface area contributed by atoms with Gasteiger partial charge in [0.2, 0.25) is 0 Å². The lowest BCUT2D eigenvalue weighted by Gasteiger charge is -2.31. The number of ether oxygens (including phenoxy) is 1. The molecule has 1 nitrogen and oxygen atoms in total. The lowest BCUT2D eigenvalue weighted by atomic mass is 9.95. The summed E-state index contributed by atoms with van der Waals surface area (Å²) in [5.74, 6) is 0.959. The van der Waals surface area contributed by atoms with Gasteiger partial charge in [-0.2, -0.15) is 0 Å². The molecule has 0 amide bonds. The summed E-state index contributed by atoms with van der Waals surface area (Å²) in [6.07, 6.45) is 2.29. The minimum atomic E-state index is 0.327. The predicted molar refractivity (Wildman–Crippen MR) is 62.5 cm³/mol. The molecule has 3 heteroatoms. The standard InChI is InChI=1S/C10H10ClIO/c11-7-4-10(5-7)13-9-3-1-2-8(12)6-9/h1-3,6-7,10H,4-5H2. The van der Waals surface area contributed by atoms with E-state index in [9.17, 15) is 0 Å². The van der Waals surface area contributed by atoms with Crippen LogP contribution >= 0.6 is 34.2 Å². The summed E-state index contributed by atoms with van der Waals surface area (Å²) >= 11 is 8.14. The van der Waals surface area contributed by atoms with E-state index in [4.69, 9.17) is 16.3 Å². The predicted octanol–water partition coefficient (Wildman–Crippen LogP) is 3.44. The Morgan fingerprint density at radius 1 is 1.38 bits per heavy atom. The minimum absolute atomic E-state index is 0.327. The van der Waals surface area contributed by atoms with Crippen LogP contribution in [0.4, 0.5) is 0 Å². The molecule has 1 aliphatic carbocycles. The molecule has 0 radical (unpaired) electrons. The zero-order valence-electron chi connectivity index (χ0n) is 7.04. The number of benzene rings is 1. The van der Waals surface area contributed by atoms with Gasteiger partial charge in [-0.05, 0) is 40.8 Å². The number of alkyl halides is 1. The lowest BCUT2D eigenvalue weighted by Crippen LogP contribution is -2.34. The summed E-state index contributed by atoms with van der Waals surface area (Å²) in [5, 5.41) is 0.327. The largest absolute Gasteiger partial charge is 0.490 e. The smallest absolute Gasteiger partial charge is 0.120 e. The van der Waals surface area contributed by atoms with Crippen molar-refractivity contribution in [3.05, 3.63) is 27.8 Å². The first-order valence-electron chi connectivity index (χ1n) is 4.30. The summed E-state index contributed by atoms with van der Waals surface area (Å²) in [7, 11) is 0. The van der Waals surface area contributed by atoms with Crippen molar-refractivity contribution in [3.8, 4) is 5.75 Å². The topological polar surface area (TPSA) is 9.23 Å². The Bertz CT molecular complexity index is 297. The fourth-order valence-electron chi connectivity index (χ4n) is 1.33. The van der Waals surface area contributed by atoms with E-state index >= 15 is 0 Å². The van der Waals surface area contributed by atoms with Crippen molar-refractivity contribution in [3.63, 3.8) is 0 Å². The van der Waals surface area contributed by atoms with Crippen LogP contribution in [0.2, 0.25) is 0 Å². The number of hydrogen-bond donors (Lipinski definition) is 0. The second-order valence-corrected chi connectivity index (χ2v) is 5.13. The summed E-state index contributed by atoms with van der Waals surface area (Å²) in [6.45, 7) is 0. The Morgan fingerprint density at radius 2 is 2.15 bits per heavy atom. The maximum atomic E-state index is 5.86. The minimum Gasteiger partial charge on any atom is -0.490 e. The molecule has 0 bridgehead atoms. The average molecular weight is 309 g/mol. The van der Waals surface area contributed by atoms with Gasteiger partial charge in [-0.25, -0.2) is 0 Å². The first-order valence-corrected chi connectivity index (χ1v) is 5.82. The van der Waals surface area contributed by atoms with Gasteiger partial charge in [-0.3, -0.25) is 0 Å². The van der Waals surface area contributed by atoms with Crippen molar-refractivity contribution in [1.82, 2.24) is 0 Å². The molecule has 1 saturated carbocycles. The molecule has 70 valence electrons. The van der Waals surface area contributed by atoms with Crippen molar-refractivity contribution < 1.29 is 4.74 Å². The van der Waals surface area contributed by atoms with Gasteiger partial charge in [-0.15, -0.1) is 11.6 Å². The Morgan fingerprint density at radius 3 is 2.77 bits per heavy atom. The normalized spacial score (nSPS) is 26.6. The Hall–Kier alpha value is 0.0400. The summed E-state index contributed by atoms with van der Waals surface area (Å²) in [6, 6.07) is 8.10. The van der Waals surface area contributed by atoms with E-state index in [-0.39, 0.29) is 0 Å². The highest BCUT2D eigenvalue weighted by Crippen LogP contribution is 2.30. The third kappa shape index (κ3) is 2.50. The van der Waals surface area contributed by atoms with Crippen LogP contribution in [0.3, 0.4) is 0 Å². The van der Waals surface area contributed by atoms with Gasteiger partial charge in [0.05, 0.1) is 0 Å². The summed E-state index contributed by atoms with van der Waals surface area (Å²) in [4.78, 5) is 0. The van der Waals surface area contributed by atoms with Crippen molar-refractivity contribution in [1.29, 1.82) is 0 Å². The van der Waals surface area contributed by atoms with E-state index in [2.05, 4.69) is 28.7 Å². The van der Waals surface area contributed by atoms with Gasteiger partial charge in [-0.1, -0.05) is 6.07 Å². The van der Waals surface area contributed by atoms with Crippen LogP contribution in [-0.4, -0.2) is 11.5 Å². The van der Waals surface area contributed by atoms with Gasteiger partial charge in [0, 0.05) is 21.8 Å². The average Bonchev–Trinajstić information content (AvgIpc) is 2.01. The number of hydrogen-bond acceptors (Lipinski definition) is 1. The van der Waals surface area contributed by atoms with Gasteiger partial charge in [0.15, 0.2) is 0 Å². The van der Waals surface area contributed by atoms with Gasteiger partial charge >= 0.3 is 0 Å². The summed E-state index contributed by atoms with van der Waals surface area (Å²) in [5.41, 5.74) is 0. The molecule has 0 spiro atoms. The molecule has 0 N–H and O–H groups in total. The second-order valence-electron chi connectivity index (χ2n) is 3.27. The molecular weight excluding hydrogens is 298 g/mol. The second kappa shape index (κ2) is 4.05. The maximum absolute atomic E-state index is 5.86. The fourth-order valence-corrected chi connectivity index (χ4v) is 2.24. The molecule has 0 unspecified atom stereocenters. The molecule has 0 heterocycles. The molecule has 2 rings (SSSR count). The highest BCUT2D eigenvalue weighted by atomic mass is 127. The molecule has 1 aromatic rings. The van der Waals surface area contributed by atoms with Crippen LogP contribution in [-0.2, 0) is 0 Å². The fraction of sp³-hybridized carbons (Fsp3) is 0.400. The van der Waals surface area contributed by atoms with Gasteiger partial charge in [0.25, 0.3) is 0 Å². The third-order valence-electron chi connectivity index (χ3n) is 2.14. The van der Waals surface area contributed by atoms with Crippen LogP contribution in [0.25, 0.3) is 0 Å². The Kier molecular flexibility index (Phi) is 2.99. The van der Waals surface area contributed by atoms with Crippen molar-refractivity contribution in [2.75, 3.05) is 0 Å². The Labute approximate surface area is 96.6 Å². The SMILES string of the molecule is ClC1CC(Oc2cccc(I)c2)C1. The lowest BCUT2D eigenvalue weighted by molar-refractivity contribution is 0.124. The molecule has 1 aromatic carbocycles. The quantitative estimate of drug-likeness (QED) is 0.601. The van der Waals surface area contributed by atoms with Crippen LogP contribution in [0.5, 0.6) is 5.75 Å².